The molecule has 0 saturated heterocycles. The van der Waals surface area contributed by atoms with Crippen LogP contribution in [0.5, 0.6) is 0 Å². The number of oxazole rings is 1. The van der Waals surface area contributed by atoms with Crippen molar-refractivity contribution in [2.45, 2.75) is 18.9 Å². The molecule has 1 aromatic heterocycles. The molecule has 0 aliphatic carbocycles. The lowest BCUT2D eigenvalue weighted by Gasteiger charge is -2.18. The van der Waals surface area contributed by atoms with Crippen LogP contribution >= 0.6 is 0 Å². The molecule has 0 amide bonds. The van der Waals surface area contributed by atoms with E-state index in [2.05, 4.69) is 0 Å². The van der Waals surface area contributed by atoms with Crippen molar-refractivity contribution in [2.75, 3.05) is 0 Å². The Morgan fingerprint density at radius 2 is 2.22 bits per heavy atom. The van der Waals surface area contributed by atoms with Gasteiger partial charge in [-0.2, -0.15) is 0 Å². The Kier molecular flexibility index (Phi) is 2.74. The number of fused-ring (bicyclic) bond motifs is 1. The second-order valence-corrected chi connectivity index (χ2v) is 4.63. The van der Waals surface area contributed by atoms with Crippen molar-refractivity contribution in [1.29, 1.82) is 0 Å². The highest BCUT2D eigenvalue weighted by molar-refractivity contribution is 5.79. The van der Waals surface area contributed by atoms with Crippen molar-refractivity contribution in [3.8, 4) is 0 Å². The topological polar surface area (TPSA) is 98.5 Å². The Bertz CT molecular complexity index is 666. The van der Waals surface area contributed by atoms with E-state index in [0.29, 0.717) is 11.1 Å². The molecule has 3 N–H and O–H groups in total. The SMILES string of the molecule is Cn1c(=O)oc2ccc(CC(C)(N)C(=O)O)cc21. The molecule has 18 heavy (non-hydrogen) atoms. The standard InChI is InChI=1S/C12H14N2O4/c1-12(13,10(15)16)6-7-3-4-9-8(5-7)14(2)11(17)18-9/h3-5H,6,13H2,1-2H3,(H,15,16). The van der Waals surface area contributed by atoms with Gasteiger partial charge < -0.3 is 15.3 Å². The molecular formula is C12H14N2O4. The maximum absolute atomic E-state index is 11.3. The molecule has 6 nitrogen and oxygen atoms in total. The Hall–Kier alpha value is -2.08. The molecule has 0 aliphatic heterocycles. The summed E-state index contributed by atoms with van der Waals surface area (Å²) in [5, 5.41) is 8.98. The van der Waals surface area contributed by atoms with Gasteiger partial charge in [0.25, 0.3) is 0 Å². The molecule has 1 heterocycles. The average Bonchev–Trinajstić information content (AvgIpc) is 2.55. The van der Waals surface area contributed by atoms with Gasteiger partial charge in [-0.1, -0.05) is 6.07 Å². The third kappa shape index (κ3) is 2.02. The van der Waals surface area contributed by atoms with Crippen LogP contribution in [0, 0.1) is 0 Å². The zero-order chi connectivity index (χ0) is 13.5. The predicted octanol–water partition coefficient (Wildman–Crippen LogP) is 0.476. The Morgan fingerprint density at radius 1 is 1.56 bits per heavy atom. The number of rotatable bonds is 3. The summed E-state index contributed by atoms with van der Waals surface area (Å²) in [7, 11) is 1.59. The van der Waals surface area contributed by atoms with Crippen molar-refractivity contribution in [2.24, 2.45) is 12.8 Å². The molecule has 0 bridgehead atoms. The molecule has 1 atom stereocenters. The Balaban J connectivity index is 2.45. The summed E-state index contributed by atoms with van der Waals surface area (Å²) in [6.07, 6.45) is 0.178. The molecule has 0 radical (unpaired) electrons. The maximum atomic E-state index is 11.3. The lowest BCUT2D eigenvalue weighted by Crippen LogP contribution is -2.46. The van der Waals surface area contributed by atoms with Crippen LogP contribution in [0.4, 0.5) is 0 Å². The van der Waals surface area contributed by atoms with Crippen LogP contribution in [-0.4, -0.2) is 21.2 Å². The summed E-state index contributed by atoms with van der Waals surface area (Å²) >= 11 is 0. The van der Waals surface area contributed by atoms with Crippen molar-refractivity contribution >= 4 is 17.1 Å². The first-order chi connectivity index (χ1) is 8.31. The lowest BCUT2D eigenvalue weighted by atomic mass is 9.94. The number of nitrogens with zero attached hydrogens (tertiary/aromatic N) is 1. The highest BCUT2D eigenvalue weighted by Gasteiger charge is 2.28. The van der Waals surface area contributed by atoms with Gasteiger partial charge in [-0.05, 0) is 24.6 Å². The van der Waals surface area contributed by atoms with Crippen LogP contribution in [-0.2, 0) is 18.3 Å². The third-order valence-corrected chi connectivity index (χ3v) is 2.92. The lowest BCUT2D eigenvalue weighted by molar-refractivity contribution is -0.142. The van der Waals surface area contributed by atoms with Gasteiger partial charge in [0.2, 0.25) is 0 Å². The number of carbonyl (C=O) groups is 1. The van der Waals surface area contributed by atoms with E-state index in [1.165, 1.54) is 11.5 Å². The number of hydrogen-bond acceptors (Lipinski definition) is 4. The third-order valence-electron chi connectivity index (χ3n) is 2.92. The molecule has 0 fully saturated rings. The number of aryl methyl sites for hydroxylation is 1. The summed E-state index contributed by atoms with van der Waals surface area (Å²) in [6, 6.07) is 5.07. The fourth-order valence-electron chi connectivity index (χ4n) is 1.78. The van der Waals surface area contributed by atoms with E-state index < -0.39 is 17.3 Å². The molecule has 1 unspecified atom stereocenters. The van der Waals surface area contributed by atoms with Crippen LogP contribution in [0.15, 0.2) is 27.4 Å². The molecule has 96 valence electrons. The zero-order valence-corrected chi connectivity index (χ0v) is 10.1. The van der Waals surface area contributed by atoms with Crippen LogP contribution in [0.2, 0.25) is 0 Å². The summed E-state index contributed by atoms with van der Waals surface area (Å²) < 4.78 is 6.36. The van der Waals surface area contributed by atoms with Crippen LogP contribution in [0.25, 0.3) is 11.1 Å². The quantitative estimate of drug-likeness (QED) is 0.825. The summed E-state index contributed by atoms with van der Waals surface area (Å²) in [5.41, 5.74) is 6.19. The number of aromatic nitrogens is 1. The molecule has 0 aliphatic rings. The number of carboxylic acids is 1. The second-order valence-electron chi connectivity index (χ2n) is 4.63. The fourth-order valence-corrected chi connectivity index (χ4v) is 1.78. The predicted molar refractivity (Wildman–Crippen MR) is 65.4 cm³/mol. The van der Waals surface area contributed by atoms with E-state index in [1.54, 1.807) is 25.2 Å². The number of benzene rings is 1. The van der Waals surface area contributed by atoms with E-state index in [4.69, 9.17) is 15.3 Å². The minimum Gasteiger partial charge on any atom is -0.480 e. The molecule has 6 heteroatoms. The molecule has 0 saturated carbocycles. The maximum Gasteiger partial charge on any atom is 0.419 e. The van der Waals surface area contributed by atoms with Crippen LogP contribution in [0.1, 0.15) is 12.5 Å². The van der Waals surface area contributed by atoms with Crippen molar-refractivity contribution in [3.63, 3.8) is 0 Å². The number of aliphatic carboxylic acids is 1. The minimum atomic E-state index is -1.34. The first kappa shape index (κ1) is 12.4. The minimum absolute atomic E-state index is 0.178. The van der Waals surface area contributed by atoms with Crippen molar-refractivity contribution in [1.82, 2.24) is 4.57 Å². The molecule has 2 rings (SSSR count). The van der Waals surface area contributed by atoms with Gasteiger partial charge in [-0.15, -0.1) is 0 Å². The largest absolute Gasteiger partial charge is 0.480 e. The first-order valence-electron chi connectivity index (χ1n) is 5.42. The number of carboxylic acid groups (broad SMARTS) is 1. The molecule has 2 aromatic rings. The van der Waals surface area contributed by atoms with Crippen molar-refractivity contribution in [3.05, 3.63) is 34.3 Å². The highest BCUT2D eigenvalue weighted by Crippen LogP contribution is 2.17. The molecular weight excluding hydrogens is 236 g/mol. The average molecular weight is 250 g/mol. The van der Waals surface area contributed by atoms with E-state index in [1.807, 2.05) is 0 Å². The number of hydrogen-bond donors (Lipinski definition) is 2. The van der Waals surface area contributed by atoms with Gasteiger partial charge in [0.05, 0.1) is 5.52 Å². The van der Waals surface area contributed by atoms with Gasteiger partial charge in [-0.25, -0.2) is 4.79 Å². The smallest absolute Gasteiger partial charge is 0.419 e. The van der Waals surface area contributed by atoms with Gasteiger partial charge in [-0.3, -0.25) is 9.36 Å². The Morgan fingerprint density at radius 3 is 2.83 bits per heavy atom. The van der Waals surface area contributed by atoms with E-state index in [-0.39, 0.29) is 6.42 Å². The molecule has 0 spiro atoms. The molecule has 1 aromatic carbocycles. The zero-order valence-electron chi connectivity index (χ0n) is 10.1. The second kappa shape index (κ2) is 3.99. The van der Waals surface area contributed by atoms with Crippen molar-refractivity contribution < 1.29 is 14.3 Å². The van der Waals surface area contributed by atoms with E-state index in [0.717, 1.165) is 5.56 Å². The summed E-state index contributed by atoms with van der Waals surface area (Å²) in [5.74, 6) is -1.51. The van der Waals surface area contributed by atoms with Gasteiger partial charge >= 0.3 is 11.7 Å². The first-order valence-corrected chi connectivity index (χ1v) is 5.42. The van der Waals surface area contributed by atoms with Crippen LogP contribution < -0.4 is 11.5 Å². The summed E-state index contributed by atoms with van der Waals surface area (Å²) in [4.78, 5) is 22.3. The normalized spacial score (nSPS) is 14.6. The van der Waals surface area contributed by atoms with E-state index >= 15 is 0 Å². The highest BCUT2D eigenvalue weighted by atomic mass is 16.4. The van der Waals surface area contributed by atoms with Crippen LogP contribution in [0.3, 0.4) is 0 Å². The monoisotopic (exact) mass is 250 g/mol. The Labute approximate surface area is 103 Å². The van der Waals surface area contributed by atoms with Gasteiger partial charge in [0.1, 0.15) is 5.54 Å². The van der Waals surface area contributed by atoms with Gasteiger partial charge in [0.15, 0.2) is 5.58 Å². The summed E-state index contributed by atoms with van der Waals surface area (Å²) in [6.45, 7) is 1.45. The number of nitrogens with two attached hydrogens (primary N) is 1. The fraction of sp³-hybridized carbons (Fsp3) is 0.333. The van der Waals surface area contributed by atoms with Gasteiger partial charge in [0, 0.05) is 13.5 Å². The van der Waals surface area contributed by atoms with E-state index in [9.17, 15) is 9.59 Å².